The van der Waals surface area contributed by atoms with E-state index < -0.39 is 0 Å². The molecule has 0 radical (unpaired) electrons. The van der Waals surface area contributed by atoms with Crippen molar-refractivity contribution >= 4 is 12.2 Å². The predicted molar refractivity (Wildman–Crippen MR) is 53.7 cm³/mol. The van der Waals surface area contributed by atoms with Crippen LogP contribution in [-0.4, -0.2) is 29.4 Å². The van der Waals surface area contributed by atoms with Crippen LogP contribution in [0.15, 0.2) is 12.3 Å². The van der Waals surface area contributed by atoms with Crippen molar-refractivity contribution in [3.63, 3.8) is 0 Å². The lowest BCUT2D eigenvalue weighted by atomic mass is 10.2. The van der Waals surface area contributed by atoms with E-state index in [0.29, 0.717) is 12.2 Å². The van der Waals surface area contributed by atoms with E-state index in [1.54, 1.807) is 6.07 Å². The lowest BCUT2D eigenvalue weighted by Crippen LogP contribution is -2.39. The Morgan fingerprint density at radius 3 is 2.86 bits per heavy atom. The molecular formula is C9H14N4O. The maximum absolute atomic E-state index is 10.2. The van der Waals surface area contributed by atoms with E-state index in [9.17, 15) is 4.79 Å². The molecule has 0 atom stereocenters. The van der Waals surface area contributed by atoms with Crippen molar-refractivity contribution in [1.82, 2.24) is 9.89 Å². The molecule has 0 aliphatic carbocycles. The second kappa shape index (κ2) is 4.13. The molecule has 0 unspecified atom stereocenters. The fraction of sp³-hybridized carbons (Fsp3) is 0.556. The first-order valence-electron chi connectivity index (χ1n) is 4.91. The molecule has 0 bridgehead atoms. The van der Waals surface area contributed by atoms with Crippen LogP contribution in [0.2, 0.25) is 0 Å². The van der Waals surface area contributed by atoms with Gasteiger partial charge in [0, 0.05) is 19.2 Å². The zero-order valence-corrected chi connectivity index (χ0v) is 8.02. The van der Waals surface area contributed by atoms with Crippen molar-refractivity contribution in [3.8, 4) is 0 Å². The molecule has 2 rings (SSSR count). The second-order valence-electron chi connectivity index (χ2n) is 3.40. The molecule has 76 valence electrons. The van der Waals surface area contributed by atoms with Gasteiger partial charge in [0.05, 0.1) is 6.20 Å². The van der Waals surface area contributed by atoms with E-state index in [0.717, 1.165) is 13.1 Å². The Hall–Kier alpha value is -1.52. The zero-order chi connectivity index (χ0) is 9.80. The molecule has 0 spiro atoms. The SMILES string of the molecule is O=CNc1ccn(N2CCCCC2)n1. The lowest BCUT2D eigenvalue weighted by Gasteiger charge is -2.27. The Labute approximate surface area is 82.7 Å². The number of hydrogen-bond donors (Lipinski definition) is 1. The van der Waals surface area contributed by atoms with Gasteiger partial charge in [0.25, 0.3) is 0 Å². The van der Waals surface area contributed by atoms with Gasteiger partial charge in [-0.2, -0.15) is 4.79 Å². The summed E-state index contributed by atoms with van der Waals surface area (Å²) in [6, 6.07) is 1.79. The van der Waals surface area contributed by atoms with Gasteiger partial charge in [-0.1, -0.05) is 0 Å². The summed E-state index contributed by atoms with van der Waals surface area (Å²) in [7, 11) is 0. The molecule has 14 heavy (non-hydrogen) atoms. The predicted octanol–water partition coefficient (Wildman–Crippen LogP) is 0.573. The highest BCUT2D eigenvalue weighted by Gasteiger charge is 2.10. The third kappa shape index (κ3) is 1.86. The van der Waals surface area contributed by atoms with Gasteiger partial charge < -0.3 is 5.32 Å². The average molecular weight is 194 g/mol. The fourth-order valence-electron chi connectivity index (χ4n) is 1.69. The van der Waals surface area contributed by atoms with E-state index in [-0.39, 0.29) is 0 Å². The molecular weight excluding hydrogens is 180 g/mol. The minimum absolute atomic E-state index is 0.602. The van der Waals surface area contributed by atoms with Crippen molar-refractivity contribution in [2.45, 2.75) is 19.3 Å². The summed E-state index contributed by atoms with van der Waals surface area (Å²) in [6.07, 6.45) is 6.25. The van der Waals surface area contributed by atoms with E-state index in [2.05, 4.69) is 15.4 Å². The number of nitrogens with zero attached hydrogens (tertiary/aromatic N) is 3. The molecule has 1 amide bonds. The number of rotatable bonds is 3. The molecule has 1 aromatic rings. The minimum Gasteiger partial charge on any atom is -0.312 e. The first kappa shape index (κ1) is 9.05. The van der Waals surface area contributed by atoms with Crippen molar-refractivity contribution in [2.24, 2.45) is 0 Å². The van der Waals surface area contributed by atoms with Crippen molar-refractivity contribution in [2.75, 3.05) is 23.4 Å². The molecule has 1 N–H and O–H groups in total. The lowest BCUT2D eigenvalue weighted by molar-refractivity contribution is -0.105. The van der Waals surface area contributed by atoms with E-state index in [1.165, 1.54) is 19.3 Å². The van der Waals surface area contributed by atoms with Gasteiger partial charge in [-0.25, -0.2) is 0 Å². The van der Waals surface area contributed by atoms with Crippen LogP contribution >= 0.6 is 0 Å². The third-order valence-corrected chi connectivity index (χ3v) is 2.40. The number of amides is 1. The first-order valence-corrected chi connectivity index (χ1v) is 4.91. The van der Waals surface area contributed by atoms with Gasteiger partial charge in [0.2, 0.25) is 6.41 Å². The Balaban J connectivity index is 2.03. The summed E-state index contributed by atoms with van der Waals surface area (Å²) in [5.74, 6) is 0.602. The highest BCUT2D eigenvalue weighted by atomic mass is 16.1. The molecule has 5 heteroatoms. The third-order valence-electron chi connectivity index (χ3n) is 2.40. The Bertz CT molecular complexity index is 304. The number of nitrogens with one attached hydrogen (secondary N) is 1. The molecule has 0 saturated carbocycles. The van der Waals surface area contributed by atoms with Crippen LogP contribution in [0, 0.1) is 0 Å². The summed E-state index contributed by atoms with van der Waals surface area (Å²) in [4.78, 5) is 12.0. The van der Waals surface area contributed by atoms with Crippen LogP contribution < -0.4 is 10.3 Å². The standard InChI is InChI=1S/C9H14N4O/c14-8-10-9-4-7-13(11-9)12-5-2-1-3-6-12/h4,7-8H,1-3,5-6H2,(H,10,11,14). The number of aromatic nitrogens is 2. The molecule has 1 aromatic heterocycles. The monoisotopic (exact) mass is 194 g/mol. The average Bonchev–Trinajstić information content (AvgIpc) is 2.68. The molecule has 0 aromatic carbocycles. The van der Waals surface area contributed by atoms with Gasteiger partial charge >= 0.3 is 0 Å². The van der Waals surface area contributed by atoms with Crippen molar-refractivity contribution < 1.29 is 4.79 Å². The molecule has 1 saturated heterocycles. The molecule has 1 fully saturated rings. The zero-order valence-electron chi connectivity index (χ0n) is 8.02. The molecule has 1 aliphatic rings. The number of piperidine rings is 1. The van der Waals surface area contributed by atoms with Gasteiger partial charge in [0.1, 0.15) is 0 Å². The summed E-state index contributed by atoms with van der Waals surface area (Å²) in [5.41, 5.74) is 0. The molecule has 5 nitrogen and oxygen atoms in total. The van der Waals surface area contributed by atoms with Gasteiger partial charge in [-0.3, -0.25) is 9.80 Å². The van der Waals surface area contributed by atoms with Crippen LogP contribution in [0.4, 0.5) is 5.82 Å². The largest absolute Gasteiger partial charge is 0.312 e. The number of carbonyl (C=O) groups is 1. The maximum Gasteiger partial charge on any atom is 0.212 e. The van der Waals surface area contributed by atoms with Crippen LogP contribution in [-0.2, 0) is 4.79 Å². The van der Waals surface area contributed by atoms with Crippen LogP contribution in [0.3, 0.4) is 0 Å². The fourth-order valence-corrected chi connectivity index (χ4v) is 1.69. The van der Waals surface area contributed by atoms with E-state index >= 15 is 0 Å². The van der Waals surface area contributed by atoms with Gasteiger partial charge in [0.15, 0.2) is 5.82 Å². The number of anilines is 1. The van der Waals surface area contributed by atoms with Gasteiger partial charge in [-0.15, -0.1) is 5.10 Å². The highest BCUT2D eigenvalue weighted by molar-refractivity contribution is 5.68. The Morgan fingerprint density at radius 1 is 1.36 bits per heavy atom. The Kier molecular flexibility index (Phi) is 2.67. The molecule has 1 aliphatic heterocycles. The van der Waals surface area contributed by atoms with E-state index in [4.69, 9.17) is 0 Å². The van der Waals surface area contributed by atoms with Crippen molar-refractivity contribution in [1.29, 1.82) is 0 Å². The summed E-state index contributed by atoms with van der Waals surface area (Å²) in [6.45, 7) is 2.09. The smallest absolute Gasteiger partial charge is 0.212 e. The first-order chi connectivity index (χ1) is 6.90. The number of carbonyl (C=O) groups excluding carboxylic acids is 1. The quantitative estimate of drug-likeness (QED) is 0.716. The Morgan fingerprint density at radius 2 is 2.14 bits per heavy atom. The normalized spacial score (nSPS) is 16.7. The van der Waals surface area contributed by atoms with Crippen molar-refractivity contribution in [3.05, 3.63) is 12.3 Å². The van der Waals surface area contributed by atoms with E-state index in [1.807, 2.05) is 11.0 Å². The minimum atomic E-state index is 0.602. The van der Waals surface area contributed by atoms with Crippen LogP contribution in [0.25, 0.3) is 0 Å². The highest BCUT2D eigenvalue weighted by Crippen LogP contribution is 2.09. The molecule has 2 heterocycles. The number of hydrogen-bond acceptors (Lipinski definition) is 3. The summed E-state index contributed by atoms with van der Waals surface area (Å²) in [5, 5.41) is 8.93. The topological polar surface area (TPSA) is 50.2 Å². The van der Waals surface area contributed by atoms with Crippen LogP contribution in [0.1, 0.15) is 19.3 Å². The van der Waals surface area contributed by atoms with Crippen LogP contribution in [0.5, 0.6) is 0 Å². The maximum atomic E-state index is 10.2. The summed E-state index contributed by atoms with van der Waals surface area (Å²) >= 11 is 0. The second-order valence-corrected chi connectivity index (χ2v) is 3.40. The van der Waals surface area contributed by atoms with Gasteiger partial charge in [-0.05, 0) is 19.3 Å². The summed E-state index contributed by atoms with van der Waals surface area (Å²) < 4.78 is 0.